The number of nitrogens with zero attached hydrogens (tertiary/aromatic N) is 1. The lowest BCUT2D eigenvalue weighted by atomic mass is 9.88. The van der Waals surface area contributed by atoms with Gasteiger partial charge in [-0.05, 0) is 48.4 Å². The molecule has 3 heterocycles. The minimum absolute atomic E-state index is 0.0859. The van der Waals surface area contributed by atoms with E-state index in [4.69, 9.17) is 14.2 Å². The highest BCUT2D eigenvalue weighted by Gasteiger charge is 2.34. The van der Waals surface area contributed by atoms with E-state index in [1.165, 1.54) is 11.3 Å². The van der Waals surface area contributed by atoms with E-state index in [1.807, 2.05) is 5.38 Å². The molecular formula is C23H27N3O6S. The molecule has 1 saturated heterocycles. The molecule has 0 aliphatic carbocycles. The molecule has 0 bridgehead atoms. The molecular weight excluding hydrogens is 446 g/mol. The fraction of sp³-hybridized carbons (Fsp3) is 0.435. The van der Waals surface area contributed by atoms with Gasteiger partial charge in [-0.25, -0.2) is 0 Å². The van der Waals surface area contributed by atoms with Crippen LogP contribution < -0.4 is 20.1 Å². The molecule has 0 unspecified atom stereocenters. The first-order chi connectivity index (χ1) is 16.1. The molecule has 9 nitrogen and oxygen atoms in total. The summed E-state index contributed by atoms with van der Waals surface area (Å²) >= 11 is 1.33. The van der Waals surface area contributed by atoms with Crippen molar-refractivity contribution in [1.82, 2.24) is 15.5 Å². The van der Waals surface area contributed by atoms with Gasteiger partial charge in [0.2, 0.25) is 12.7 Å². The van der Waals surface area contributed by atoms with Crippen LogP contribution in [0.25, 0.3) is 0 Å². The Morgan fingerprint density at radius 2 is 1.97 bits per heavy atom. The van der Waals surface area contributed by atoms with Crippen LogP contribution in [-0.4, -0.2) is 68.8 Å². The van der Waals surface area contributed by atoms with Crippen LogP contribution in [0.2, 0.25) is 0 Å². The molecule has 1 fully saturated rings. The molecule has 10 heteroatoms. The number of hydrogen-bond acceptors (Lipinski definition) is 7. The average molecular weight is 474 g/mol. The third kappa shape index (κ3) is 5.45. The number of hydrogen-bond donors (Lipinski definition) is 2. The lowest BCUT2D eigenvalue weighted by Gasteiger charge is -2.35. The lowest BCUT2D eigenvalue weighted by Crippen LogP contribution is -2.54. The van der Waals surface area contributed by atoms with Crippen molar-refractivity contribution in [2.45, 2.75) is 18.9 Å². The first kappa shape index (κ1) is 23.1. The van der Waals surface area contributed by atoms with E-state index in [2.05, 4.69) is 10.6 Å². The summed E-state index contributed by atoms with van der Waals surface area (Å²) in [7, 11) is 1.56. The Balaban J connectivity index is 1.39. The second-order valence-corrected chi connectivity index (χ2v) is 8.86. The topological polar surface area (TPSA) is 106 Å². The first-order valence-electron chi connectivity index (χ1n) is 10.9. The minimum Gasteiger partial charge on any atom is -0.454 e. The van der Waals surface area contributed by atoms with Gasteiger partial charge in [0.1, 0.15) is 6.04 Å². The van der Waals surface area contributed by atoms with Crippen molar-refractivity contribution in [2.24, 2.45) is 5.92 Å². The maximum Gasteiger partial charge on any atom is 0.262 e. The molecule has 2 aliphatic heterocycles. The number of rotatable bonds is 8. The van der Waals surface area contributed by atoms with E-state index in [0.717, 1.165) is 0 Å². The number of ether oxygens (including phenoxy) is 3. The van der Waals surface area contributed by atoms with Crippen molar-refractivity contribution in [2.75, 3.05) is 40.1 Å². The van der Waals surface area contributed by atoms with Crippen molar-refractivity contribution in [3.05, 3.63) is 46.2 Å². The Morgan fingerprint density at radius 3 is 2.70 bits per heavy atom. The summed E-state index contributed by atoms with van der Waals surface area (Å²) in [6.07, 6.45) is 1.20. The predicted molar refractivity (Wildman–Crippen MR) is 122 cm³/mol. The Hall–Kier alpha value is -3.11. The largest absolute Gasteiger partial charge is 0.454 e. The van der Waals surface area contributed by atoms with E-state index in [1.54, 1.807) is 42.3 Å². The zero-order chi connectivity index (χ0) is 23.2. The van der Waals surface area contributed by atoms with E-state index >= 15 is 0 Å². The van der Waals surface area contributed by atoms with E-state index in [9.17, 15) is 14.4 Å². The molecule has 4 rings (SSSR count). The molecule has 0 spiro atoms. The minimum atomic E-state index is -0.681. The van der Waals surface area contributed by atoms with Gasteiger partial charge < -0.3 is 29.7 Å². The molecule has 1 aromatic carbocycles. The maximum atomic E-state index is 13.0. The number of amides is 3. The monoisotopic (exact) mass is 473 g/mol. The summed E-state index contributed by atoms with van der Waals surface area (Å²) < 4.78 is 15.7. The van der Waals surface area contributed by atoms with Crippen LogP contribution in [0.15, 0.2) is 35.7 Å². The number of carbonyl (C=O) groups is 3. The van der Waals surface area contributed by atoms with Crippen LogP contribution in [0, 0.1) is 5.92 Å². The van der Waals surface area contributed by atoms with Crippen LogP contribution in [0.5, 0.6) is 11.5 Å². The molecule has 2 aromatic rings. The van der Waals surface area contributed by atoms with Crippen LogP contribution in [0.4, 0.5) is 0 Å². The maximum absolute atomic E-state index is 13.0. The number of likely N-dealkylation sites (tertiary alicyclic amines) is 1. The van der Waals surface area contributed by atoms with Gasteiger partial charge in [0.15, 0.2) is 11.5 Å². The fourth-order valence-electron chi connectivity index (χ4n) is 4.05. The van der Waals surface area contributed by atoms with Gasteiger partial charge in [0, 0.05) is 32.3 Å². The van der Waals surface area contributed by atoms with E-state index in [0.29, 0.717) is 61.0 Å². The number of carbonyl (C=O) groups excluding carboxylic acids is 3. The second-order valence-electron chi connectivity index (χ2n) is 7.91. The fourth-order valence-corrected chi connectivity index (χ4v) is 4.68. The van der Waals surface area contributed by atoms with Crippen LogP contribution in [0.3, 0.4) is 0 Å². The van der Waals surface area contributed by atoms with E-state index in [-0.39, 0.29) is 30.4 Å². The standard InChI is InChI=1S/C23H27N3O6S/c1-30-11-8-24-22(28)20(25-21(27)19-3-2-12-33-19)15-6-9-26(10-7-15)23(29)16-4-5-17-18(13-16)32-14-31-17/h2-5,12-13,15,20H,6-11,14H2,1H3,(H,24,28)(H,25,27)/t20-/m0/s1. The van der Waals surface area contributed by atoms with Crippen LogP contribution in [-0.2, 0) is 9.53 Å². The number of nitrogens with one attached hydrogen (secondary N) is 2. The third-order valence-electron chi connectivity index (χ3n) is 5.84. The van der Waals surface area contributed by atoms with Gasteiger partial charge in [0.25, 0.3) is 11.8 Å². The zero-order valence-electron chi connectivity index (χ0n) is 18.4. The zero-order valence-corrected chi connectivity index (χ0v) is 19.2. The Bertz CT molecular complexity index is 988. The first-order valence-corrected chi connectivity index (χ1v) is 11.7. The van der Waals surface area contributed by atoms with Gasteiger partial charge >= 0.3 is 0 Å². The van der Waals surface area contributed by atoms with Crippen LogP contribution in [0.1, 0.15) is 32.9 Å². The van der Waals surface area contributed by atoms with Gasteiger partial charge in [-0.1, -0.05) is 6.07 Å². The molecule has 0 radical (unpaired) electrons. The quantitative estimate of drug-likeness (QED) is 0.567. The molecule has 2 aliphatic rings. The average Bonchev–Trinajstić information content (AvgIpc) is 3.54. The molecule has 1 aromatic heterocycles. The van der Waals surface area contributed by atoms with Crippen LogP contribution >= 0.6 is 11.3 Å². The second kappa shape index (κ2) is 10.7. The highest BCUT2D eigenvalue weighted by atomic mass is 32.1. The highest BCUT2D eigenvalue weighted by molar-refractivity contribution is 7.12. The Morgan fingerprint density at radius 1 is 1.18 bits per heavy atom. The summed E-state index contributed by atoms with van der Waals surface area (Å²) in [6.45, 7) is 1.90. The molecule has 3 amide bonds. The van der Waals surface area contributed by atoms with Gasteiger partial charge in [-0.15, -0.1) is 11.3 Å². The molecule has 0 saturated carbocycles. The summed E-state index contributed by atoms with van der Waals surface area (Å²) in [6, 6.07) is 8.02. The highest BCUT2D eigenvalue weighted by Crippen LogP contribution is 2.33. The molecule has 1 atom stereocenters. The summed E-state index contributed by atoms with van der Waals surface area (Å²) in [5.74, 6) is 0.523. The number of fused-ring (bicyclic) bond motifs is 1. The third-order valence-corrected chi connectivity index (χ3v) is 6.71. The number of methoxy groups -OCH3 is 1. The van der Waals surface area contributed by atoms with Crippen molar-refractivity contribution >= 4 is 29.1 Å². The van der Waals surface area contributed by atoms with Gasteiger partial charge in [-0.2, -0.15) is 0 Å². The molecule has 176 valence electrons. The Kier molecular flexibility index (Phi) is 7.46. The van der Waals surface area contributed by atoms with Crippen molar-refractivity contribution in [3.63, 3.8) is 0 Å². The van der Waals surface area contributed by atoms with E-state index < -0.39 is 6.04 Å². The SMILES string of the molecule is COCCNC(=O)[C@@H](NC(=O)c1cccs1)C1CCN(C(=O)c2ccc3c(c2)OCO3)CC1. The Labute approximate surface area is 196 Å². The normalized spacial score (nSPS) is 16.3. The summed E-state index contributed by atoms with van der Waals surface area (Å²) in [5.41, 5.74) is 0.539. The number of piperidine rings is 1. The number of benzene rings is 1. The predicted octanol–water partition coefficient (Wildman–Crippen LogP) is 1.89. The van der Waals surface area contributed by atoms with Crippen molar-refractivity contribution < 1.29 is 28.6 Å². The molecule has 33 heavy (non-hydrogen) atoms. The van der Waals surface area contributed by atoms with Gasteiger partial charge in [-0.3, -0.25) is 14.4 Å². The summed E-state index contributed by atoms with van der Waals surface area (Å²) in [4.78, 5) is 40.8. The smallest absolute Gasteiger partial charge is 0.262 e. The van der Waals surface area contributed by atoms with Gasteiger partial charge in [0.05, 0.1) is 11.5 Å². The van der Waals surface area contributed by atoms with Crippen molar-refractivity contribution in [3.8, 4) is 11.5 Å². The number of thiophene rings is 1. The lowest BCUT2D eigenvalue weighted by molar-refractivity contribution is -0.124. The van der Waals surface area contributed by atoms with Crippen molar-refractivity contribution in [1.29, 1.82) is 0 Å². The summed E-state index contributed by atoms with van der Waals surface area (Å²) in [5, 5.41) is 7.56. The molecule has 2 N–H and O–H groups in total.